The number of aromatic nitrogens is 4. The molecule has 0 spiro atoms. The van der Waals surface area contributed by atoms with E-state index in [0.29, 0.717) is 23.9 Å². The predicted molar refractivity (Wildman–Crippen MR) is 61.2 cm³/mol. The van der Waals surface area contributed by atoms with Crippen LogP contribution in [0.1, 0.15) is 18.6 Å². The minimum atomic E-state index is -0.609. The molecule has 0 saturated heterocycles. The molecule has 0 bridgehead atoms. The quantitative estimate of drug-likeness (QED) is 0.693. The van der Waals surface area contributed by atoms with Crippen LogP contribution in [0.4, 0.5) is 0 Å². The number of rotatable bonds is 4. The van der Waals surface area contributed by atoms with E-state index in [1.807, 2.05) is 6.92 Å². The summed E-state index contributed by atoms with van der Waals surface area (Å²) in [5.41, 5.74) is 0. The molecule has 0 aliphatic rings. The molecule has 0 aliphatic carbocycles. The van der Waals surface area contributed by atoms with E-state index in [1.165, 1.54) is 6.26 Å². The van der Waals surface area contributed by atoms with Crippen LogP contribution in [0.15, 0.2) is 36.5 Å². The molecule has 98 valence electrons. The third kappa shape index (κ3) is 2.19. The zero-order valence-corrected chi connectivity index (χ0v) is 10.1. The molecule has 19 heavy (non-hydrogen) atoms. The van der Waals surface area contributed by atoms with E-state index in [9.17, 15) is 4.79 Å². The molecule has 0 aliphatic heterocycles. The summed E-state index contributed by atoms with van der Waals surface area (Å²) in [7, 11) is 0. The van der Waals surface area contributed by atoms with Crippen LogP contribution in [0.3, 0.4) is 0 Å². The lowest BCUT2D eigenvalue weighted by atomic mass is 10.5. The first kappa shape index (κ1) is 11.5. The molecule has 3 aromatic rings. The van der Waals surface area contributed by atoms with Gasteiger partial charge in [0.1, 0.15) is 6.54 Å². The van der Waals surface area contributed by atoms with Crippen molar-refractivity contribution in [1.29, 1.82) is 0 Å². The lowest BCUT2D eigenvalue weighted by Crippen LogP contribution is -2.16. The topological polar surface area (TPSA) is 100 Å². The highest BCUT2D eigenvalue weighted by Crippen LogP contribution is 2.15. The van der Waals surface area contributed by atoms with E-state index >= 15 is 0 Å². The van der Waals surface area contributed by atoms with Crippen molar-refractivity contribution in [3.63, 3.8) is 0 Å². The van der Waals surface area contributed by atoms with Crippen molar-refractivity contribution >= 4 is 0 Å². The standard InChI is InChI=1S/C11H10N4O4/c1-2-8-12-9(19-14-8)6-15-11(16)18-10(13-15)7-4-3-5-17-7/h3-5H,2,6H2,1H3. The number of hydrogen-bond acceptors (Lipinski definition) is 7. The van der Waals surface area contributed by atoms with E-state index in [-0.39, 0.29) is 12.4 Å². The van der Waals surface area contributed by atoms with Crippen molar-refractivity contribution in [3.8, 4) is 11.7 Å². The zero-order chi connectivity index (χ0) is 13.2. The maximum Gasteiger partial charge on any atom is 0.437 e. The Labute approximate surface area is 106 Å². The van der Waals surface area contributed by atoms with E-state index in [2.05, 4.69) is 15.2 Å². The number of hydrogen-bond donors (Lipinski definition) is 0. The Hall–Kier alpha value is -2.64. The summed E-state index contributed by atoms with van der Waals surface area (Å²) >= 11 is 0. The molecule has 8 heteroatoms. The lowest BCUT2D eigenvalue weighted by Gasteiger charge is -1.90. The van der Waals surface area contributed by atoms with Gasteiger partial charge in [-0.3, -0.25) is 0 Å². The minimum absolute atomic E-state index is 0.0655. The molecule has 0 aromatic carbocycles. The van der Waals surface area contributed by atoms with Gasteiger partial charge in [0.05, 0.1) is 6.26 Å². The van der Waals surface area contributed by atoms with Crippen molar-refractivity contribution in [2.75, 3.05) is 0 Å². The van der Waals surface area contributed by atoms with Crippen molar-refractivity contribution in [2.45, 2.75) is 19.9 Å². The average molecular weight is 262 g/mol. The molecule has 3 rings (SSSR count). The van der Waals surface area contributed by atoms with Crippen molar-refractivity contribution in [1.82, 2.24) is 19.9 Å². The minimum Gasteiger partial charge on any atom is -0.459 e. The monoisotopic (exact) mass is 262 g/mol. The first-order valence-corrected chi connectivity index (χ1v) is 5.69. The molecular weight excluding hydrogens is 252 g/mol. The van der Waals surface area contributed by atoms with Gasteiger partial charge in [-0.05, 0) is 12.1 Å². The second-order valence-electron chi connectivity index (χ2n) is 3.77. The normalized spacial score (nSPS) is 11.0. The Morgan fingerprint density at radius 1 is 1.42 bits per heavy atom. The van der Waals surface area contributed by atoms with E-state index in [1.54, 1.807) is 12.1 Å². The second-order valence-corrected chi connectivity index (χ2v) is 3.77. The van der Waals surface area contributed by atoms with Crippen molar-refractivity contribution in [2.24, 2.45) is 0 Å². The Morgan fingerprint density at radius 3 is 3.00 bits per heavy atom. The first-order valence-electron chi connectivity index (χ1n) is 5.69. The summed E-state index contributed by atoms with van der Waals surface area (Å²) in [5.74, 6) is 0.777. The van der Waals surface area contributed by atoms with E-state index < -0.39 is 5.76 Å². The molecule has 8 nitrogen and oxygen atoms in total. The van der Waals surface area contributed by atoms with Crippen LogP contribution in [0.25, 0.3) is 11.7 Å². The molecule has 0 fully saturated rings. The van der Waals surface area contributed by atoms with Gasteiger partial charge < -0.3 is 13.4 Å². The van der Waals surface area contributed by atoms with Crippen LogP contribution < -0.4 is 5.76 Å². The Bertz CT molecular complexity index is 722. The molecule has 0 radical (unpaired) electrons. The van der Waals surface area contributed by atoms with Crippen LogP contribution in [0.5, 0.6) is 0 Å². The maximum atomic E-state index is 11.6. The number of aryl methyl sites for hydroxylation is 1. The molecular formula is C11H10N4O4. The Kier molecular flexibility index (Phi) is 2.75. The first-order chi connectivity index (χ1) is 9.26. The third-order valence-corrected chi connectivity index (χ3v) is 2.45. The highest BCUT2D eigenvalue weighted by molar-refractivity contribution is 5.42. The summed E-state index contributed by atoms with van der Waals surface area (Å²) in [6, 6.07) is 3.33. The average Bonchev–Trinajstić information content (AvgIpc) is 3.12. The summed E-state index contributed by atoms with van der Waals surface area (Å²) < 4.78 is 16.2. The lowest BCUT2D eigenvalue weighted by molar-refractivity contribution is 0.356. The van der Waals surface area contributed by atoms with Gasteiger partial charge in [-0.15, -0.1) is 5.10 Å². The molecule has 0 saturated carbocycles. The van der Waals surface area contributed by atoms with E-state index in [0.717, 1.165) is 4.68 Å². The van der Waals surface area contributed by atoms with Crippen LogP contribution in [-0.4, -0.2) is 19.9 Å². The van der Waals surface area contributed by atoms with Crippen LogP contribution in [-0.2, 0) is 13.0 Å². The van der Waals surface area contributed by atoms with Crippen LogP contribution in [0, 0.1) is 0 Å². The molecule has 0 atom stereocenters. The van der Waals surface area contributed by atoms with Gasteiger partial charge in [-0.1, -0.05) is 12.1 Å². The SMILES string of the molecule is CCc1noc(Cn2nc(-c3ccco3)oc2=O)n1. The highest BCUT2D eigenvalue weighted by Gasteiger charge is 2.15. The van der Waals surface area contributed by atoms with E-state index in [4.69, 9.17) is 13.4 Å². The highest BCUT2D eigenvalue weighted by atomic mass is 16.5. The van der Waals surface area contributed by atoms with Gasteiger partial charge in [0.25, 0.3) is 5.89 Å². The van der Waals surface area contributed by atoms with Gasteiger partial charge in [-0.2, -0.15) is 9.67 Å². The summed E-state index contributed by atoms with van der Waals surface area (Å²) in [4.78, 5) is 15.7. The smallest absolute Gasteiger partial charge is 0.437 e. The van der Waals surface area contributed by atoms with Crippen LogP contribution in [0.2, 0.25) is 0 Å². The van der Waals surface area contributed by atoms with Crippen LogP contribution >= 0.6 is 0 Å². The third-order valence-electron chi connectivity index (χ3n) is 2.45. The Balaban J connectivity index is 1.87. The predicted octanol–water partition coefficient (Wildman–Crippen LogP) is 1.09. The number of nitrogens with zero attached hydrogens (tertiary/aromatic N) is 4. The summed E-state index contributed by atoms with van der Waals surface area (Å²) in [5, 5.41) is 7.74. The second kappa shape index (κ2) is 4.56. The van der Waals surface area contributed by atoms with Crippen molar-refractivity contribution in [3.05, 3.63) is 40.7 Å². The fourth-order valence-electron chi connectivity index (χ4n) is 1.53. The molecule has 0 amide bonds. The van der Waals surface area contributed by atoms with Gasteiger partial charge in [0, 0.05) is 6.42 Å². The van der Waals surface area contributed by atoms with Gasteiger partial charge >= 0.3 is 5.76 Å². The molecule has 3 aromatic heterocycles. The molecule has 0 unspecified atom stereocenters. The maximum absolute atomic E-state index is 11.6. The zero-order valence-electron chi connectivity index (χ0n) is 10.1. The van der Waals surface area contributed by atoms with Gasteiger partial charge in [0.2, 0.25) is 5.89 Å². The fraction of sp³-hybridized carbons (Fsp3) is 0.273. The number of furan rings is 1. The summed E-state index contributed by atoms with van der Waals surface area (Å²) in [6.07, 6.45) is 2.13. The van der Waals surface area contributed by atoms with Gasteiger partial charge in [0.15, 0.2) is 11.6 Å². The largest absolute Gasteiger partial charge is 0.459 e. The summed E-state index contributed by atoms with van der Waals surface area (Å²) in [6.45, 7) is 1.97. The molecule has 3 heterocycles. The molecule has 0 N–H and O–H groups in total. The van der Waals surface area contributed by atoms with Gasteiger partial charge in [-0.25, -0.2) is 4.79 Å². The fourth-order valence-corrected chi connectivity index (χ4v) is 1.53. The Morgan fingerprint density at radius 2 is 2.32 bits per heavy atom. The van der Waals surface area contributed by atoms with Crippen molar-refractivity contribution < 1.29 is 13.4 Å².